The molecule has 0 spiro atoms. The van der Waals surface area contributed by atoms with Crippen LogP contribution in [0.4, 0.5) is 10.7 Å². The largest absolute Gasteiger partial charge is 0.493 e. The van der Waals surface area contributed by atoms with Crippen LogP contribution in [0.1, 0.15) is 0 Å². The second-order valence-electron chi connectivity index (χ2n) is 2.72. The minimum Gasteiger partial charge on any atom is -0.493 e. The maximum Gasteiger partial charge on any atom is 0.160 e. The van der Waals surface area contributed by atoms with E-state index in [9.17, 15) is 0 Å². The van der Waals surface area contributed by atoms with E-state index in [0.717, 1.165) is 21.5 Å². The molecular formula is C9H10N2OS. The Labute approximate surface area is 79.9 Å². The lowest BCUT2D eigenvalue weighted by atomic mass is 10.2. The van der Waals surface area contributed by atoms with Gasteiger partial charge in [-0.1, -0.05) is 6.07 Å². The summed E-state index contributed by atoms with van der Waals surface area (Å²) >= 11 is 1.46. The number of benzene rings is 1. The van der Waals surface area contributed by atoms with Gasteiger partial charge in [0, 0.05) is 11.1 Å². The number of ether oxygens (including phenoxy) is 1. The van der Waals surface area contributed by atoms with E-state index in [1.807, 2.05) is 18.2 Å². The molecular weight excluding hydrogens is 184 g/mol. The molecule has 0 aliphatic carbocycles. The van der Waals surface area contributed by atoms with Crippen LogP contribution in [0.15, 0.2) is 18.2 Å². The summed E-state index contributed by atoms with van der Waals surface area (Å²) in [5.74, 6) is 0.729. The summed E-state index contributed by atoms with van der Waals surface area (Å²) < 4.78 is 6.18. The van der Waals surface area contributed by atoms with E-state index in [2.05, 4.69) is 0 Å². The van der Waals surface area contributed by atoms with Crippen molar-refractivity contribution in [2.75, 3.05) is 18.6 Å². The summed E-state index contributed by atoms with van der Waals surface area (Å²) in [5, 5.41) is 1.67. The number of anilines is 2. The number of nitrogen functional groups attached to an aromatic ring is 2. The van der Waals surface area contributed by atoms with Gasteiger partial charge in [0.1, 0.15) is 5.00 Å². The van der Waals surface area contributed by atoms with Crippen LogP contribution in [0.2, 0.25) is 0 Å². The zero-order valence-electron chi connectivity index (χ0n) is 7.20. The monoisotopic (exact) mass is 194 g/mol. The minimum absolute atomic E-state index is 0.676. The van der Waals surface area contributed by atoms with Gasteiger partial charge in [0.15, 0.2) is 5.75 Å². The van der Waals surface area contributed by atoms with E-state index in [4.69, 9.17) is 16.2 Å². The smallest absolute Gasteiger partial charge is 0.160 e. The molecule has 0 amide bonds. The average Bonchev–Trinajstić information content (AvgIpc) is 2.43. The van der Waals surface area contributed by atoms with E-state index in [1.165, 1.54) is 11.3 Å². The lowest BCUT2D eigenvalue weighted by Gasteiger charge is -1.98. The maximum atomic E-state index is 5.79. The van der Waals surface area contributed by atoms with Crippen molar-refractivity contribution in [2.24, 2.45) is 0 Å². The second-order valence-corrected chi connectivity index (χ2v) is 3.78. The molecule has 4 N–H and O–H groups in total. The molecule has 3 nitrogen and oxygen atoms in total. The van der Waals surface area contributed by atoms with Gasteiger partial charge in [-0.15, -0.1) is 11.3 Å². The van der Waals surface area contributed by atoms with Crippen molar-refractivity contribution in [1.82, 2.24) is 0 Å². The number of nitrogens with two attached hydrogens (primary N) is 2. The molecule has 0 fully saturated rings. The van der Waals surface area contributed by atoms with Crippen molar-refractivity contribution >= 4 is 32.1 Å². The quantitative estimate of drug-likeness (QED) is 0.683. The van der Waals surface area contributed by atoms with Crippen molar-refractivity contribution in [3.05, 3.63) is 18.2 Å². The fourth-order valence-corrected chi connectivity index (χ4v) is 2.31. The second kappa shape index (κ2) is 2.81. The van der Waals surface area contributed by atoms with Crippen molar-refractivity contribution in [3.63, 3.8) is 0 Å². The predicted octanol–water partition coefficient (Wildman–Crippen LogP) is 2.07. The highest BCUT2D eigenvalue weighted by Gasteiger charge is 2.10. The maximum absolute atomic E-state index is 5.79. The van der Waals surface area contributed by atoms with Crippen LogP contribution in [-0.2, 0) is 0 Å². The molecule has 0 aliphatic heterocycles. The van der Waals surface area contributed by atoms with Crippen LogP contribution in [0.25, 0.3) is 10.1 Å². The number of thiophene rings is 1. The molecule has 1 aromatic carbocycles. The van der Waals surface area contributed by atoms with Gasteiger partial charge in [-0.3, -0.25) is 0 Å². The first kappa shape index (κ1) is 8.19. The van der Waals surface area contributed by atoms with Crippen molar-refractivity contribution in [2.45, 2.75) is 0 Å². The predicted molar refractivity (Wildman–Crippen MR) is 57.2 cm³/mol. The summed E-state index contributed by atoms with van der Waals surface area (Å²) in [5.41, 5.74) is 12.3. The van der Waals surface area contributed by atoms with E-state index < -0.39 is 0 Å². The fourth-order valence-electron chi connectivity index (χ4n) is 1.35. The Balaban J connectivity index is 2.86. The first-order chi connectivity index (χ1) is 6.24. The zero-order valence-corrected chi connectivity index (χ0v) is 8.02. The SMILES string of the molecule is COc1c(N)sc2c(N)cccc12. The van der Waals surface area contributed by atoms with Gasteiger partial charge in [0.2, 0.25) is 0 Å². The Hall–Kier alpha value is -1.42. The topological polar surface area (TPSA) is 61.3 Å². The van der Waals surface area contributed by atoms with Gasteiger partial charge < -0.3 is 16.2 Å². The van der Waals surface area contributed by atoms with Gasteiger partial charge in [-0.25, -0.2) is 0 Å². The van der Waals surface area contributed by atoms with Crippen molar-refractivity contribution < 1.29 is 4.74 Å². The zero-order chi connectivity index (χ0) is 9.42. The van der Waals surface area contributed by atoms with Crippen LogP contribution in [-0.4, -0.2) is 7.11 Å². The van der Waals surface area contributed by atoms with Crippen molar-refractivity contribution in [1.29, 1.82) is 0 Å². The number of fused-ring (bicyclic) bond motifs is 1. The molecule has 0 atom stereocenters. The minimum atomic E-state index is 0.676. The molecule has 68 valence electrons. The highest BCUT2D eigenvalue weighted by atomic mass is 32.1. The average molecular weight is 194 g/mol. The van der Waals surface area contributed by atoms with Gasteiger partial charge in [0.25, 0.3) is 0 Å². The number of rotatable bonds is 1. The van der Waals surface area contributed by atoms with E-state index in [-0.39, 0.29) is 0 Å². The Morgan fingerprint density at radius 3 is 2.77 bits per heavy atom. The summed E-state index contributed by atoms with van der Waals surface area (Å²) in [4.78, 5) is 0. The lowest BCUT2D eigenvalue weighted by Crippen LogP contribution is -1.86. The standard InChI is InChI=1S/C9H10N2OS/c1-12-7-5-3-2-4-6(10)8(5)13-9(7)11/h2-4H,10-11H2,1H3. The molecule has 0 bridgehead atoms. The number of hydrogen-bond acceptors (Lipinski definition) is 4. The third kappa shape index (κ3) is 1.10. The molecule has 0 saturated carbocycles. The van der Waals surface area contributed by atoms with Crippen LogP contribution in [0, 0.1) is 0 Å². The molecule has 4 heteroatoms. The Bertz CT molecular complexity index is 450. The normalized spacial score (nSPS) is 10.5. The molecule has 0 saturated heterocycles. The van der Waals surface area contributed by atoms with E-state index >= 15 is 0 Å². The highest BCUT2D eigenvalue weighted by Crippen LogP contribution is 2.42. The first-order valence-electron chi connectivity index (χ1n) is 3.84. The molecule has 13 heavy (non-hydrogen) atoms. The summed E-state index contributed by atoms with van der Waals surface area (Å²) in [7, 11) is 1.61. The molecule has 2 rings (SSSR count). The van der Waals surface area contributed by atoms with Crippen LogP contribution in [0.5, 0.6) is 5.75 Å². The van der Waals surface area contributed by atoms with Crippen LogP contribution in [0.3, 0.4) is 0 Å². The number of hydrogen-bond donors (Lipinski definition) is 2. The van der Waals surface area contributed by atoms with Gasteiger partial charge in [-0.05, 0) is 12.1 Å². The molecule has 0 unspecified atom stereocenters. The van der Waals surface area contributed by atoms with Crippen molar-refractivity contribution in [3.8, 4) is 5.75 Å². The molecule has 0 aliphatic rings. The van der Waals surface area contributed by atoms with E-state index in [0.29, 0.717) is 5.00 Å². The summed E-state index contributed by atoms with van der Waals surface area (Å²) in [6.45, 7) is 0. The van der Waals surface area contributed by atoms with Gasteiger partial charge in [-0.2, -0.15) is 0 Å². The van der Waals surface area contributed by atoms with Gasteiger partial charge >= 0.3 is 0 Å². The van der Waals surface area contributed by atoms with E-state index in [1.54, 1.807) is 7.11 Å². The summed E-state index contributed by atoms with van der Waals surface area (Å²) in [6.07, 6.45) is 0. The van der Waals surface area contributed by atoms with Gasteiger partial charge in [0.05, 0.1) is 11.8 Å². The Kier molecular flexibility index (Phi) is 1.77. The fraction of sp³-hybridized carbons (Fsp3) is 0.111. The van der Waals surface area contributed by atoms with Crippen LogP contribution < -0.4 is 16.2 Å². The Morgan fingerprint density at radius 1 is 1.31 bits per heavy atom. The number of methoxy groups -OCH3 is 1. The third-order valence-corrected chi connectivity index (χ3v) is 3.00. The lowest BCUT2D eigenvalue weighted by molar-refractivity contribution is 0.423. The molecule has 2 aromatic rings. The molecule has 1 aromatic heterocycles. The summed E-state index contributed by atoms with van der Waals surface area (Å²) in [6, 6.07) is 5.71. The third-order valence-electron chi connectivity index (χ3n) is 1.93. The Morgan fingerprint density at radius 2 is 2.08 bits per heavy atom. The van der Waals surface area contributed by atoms with Crippen LogP contribution >= 0.6 is 11.3 Å². The highest BCUT2D eigenvalue weighted by molar-refractivity contribution is 7.23. The molecule has 1 heterocycles. The first-order valence-corrected chi connectivity index (χ1v) is 4.66. The molecule has 0 radical (unpaired) electrons.